The summed E-state index contributed by atoms with van der Waals surface area (Å²) in [5.41, 5.74) is 1.63. The van der Waals surface area contributed by atoms with Gasteiger partial charge in [-0.2, -0.15) is 0 Å². The van der Waals surface area contributed by atoms with E-state index in [4.69, 9.17) is 11.6 Å². The lowest BCUT2D eigenvalue weighted by Crippen LogP contribution is -2.31. The van der Waals surface area contributed by atoms with E-state index in [1.807, 2.05) is 29.0 Å². The number of nitro benzene ring substituents is 1. The van der Waals surface area contributed by atoms with Crippen molar-refractivity contribution in [2.75, 3.05) is 6.54 Å². The molecule has 0 saturated heterocycles. The zero-order valence-corrected chi connectivity index (χ0v) is 16.8. The van der Waals surface area contributed by atoms with Crippen LogP contribution < -0.4 is 0 Å². The molecule has 0 bridgehead atoms. The number of amides is 1. The second-order valence-corrected chi connectivity index (χ2v) is 7.06. The van der Waals surface area contributed by atoms with Crippen LogP contribution in [0.4, 0.5) is 10.1 Å². The molecule has 3 aromatic rings. The van der Waals surface area contributed by atoms with Gasteiger partial charge in [0.05, 0.1) is 22.1 Å². The number of hydrogen-bond donors (Lipinski definition) is 0. The van der Waals surface area contributed by atoms with Crippen molar-refractivity contribution in [1.29, 1.82) is 0 Å². The Bertz CT molecular complexity index is 1100. The maximum absolute atomic E-state index is 13.5. The van der Waals surface area contributed by atoms with Crippen molar-refractivity contribution in [3.63, 3.8) is 0 Å². The Morgan fingerprint density at radius 2 is 2.03 bits per heavy atom. The van der Waals surface area contributed by atoms with Gasteiger partial charge in [-0.1, -0.05) is 29.8 Å². The van der Waals surface area contributed by atoms with Crippen LogP contribution in [-0.2, 0) is 13.1 Å². The summed E-state index contributed by atoms with van der Waals surface area (Å²) < 4.78 is 15.4. The molecule has 0 atom stereocenters. The molecule has 0 spiro atoms. The minimum Gasteiger partial charge on any atom is -0.345 e. The van der Waals surface area contributed by atoms with E-state index < -0.39 is 4.92 Å². The Labute approximate surface area is 178 Å². The van der Waals surface area contributed by atoms with Crippen LogP contribution in [0.3, 0.4) is 0 Å². The van der Waals surface area contributed by atoms with Gasteiger partial charge in [0, 0.05) is 37.1 Å². The van der Waals surface area contributed by atoms with Gasteiger partial charge in [-0.25, -0.2) is 4.39 Å². The van der Waals surface area contributed by atoms with Crippen molar-refractivity contribution in [3.8, 4) is 0 Å². The van der Waals surface area contributed by atoms with Crippen molar-refractivity contribution in [1.82, 2.24) is 9.47 Å². The highest BCUT2D eigenvalue weighted by Crippen LogP contribution is 2.24. The fourth-order valence-corrected chi connectivity index (χ4v) is 3.37. The third-order valence-electron chi connectivity index (χ3n) is 4.55. The van der Waals surface area contributed by atoms with Crippen molar-refractivity contribution < 1.29 is 14.1 Å². The molecule has 30 heavy (non-hydrogen) atoms. The quantitative estimate of drug-likeness (QED) is 0.286. The van der Waals surface area contributed by atoms with Crippen LogP contribution in [0.1, 0.15) is 21.6 Å². The Hall–Kier alpha value is -3.45. The third kappa shape index (κ3) is 4.93. The van der Waals surface area contributed by atoms with Crippen molar-refractivity contribution >= 4 is 23.2 Å². The molecule has 0 aliphatic carbocycles. The average Bonchev–Trinajstić information content (AvgIpc) is 3.13. The maximum atomic E-state index is 13.5. The van der Waals surface area contributed by atoms with Crippen LogP contribution in [0.15, 0.2) is 73.4 Å². The Balaban J connectivity index is 1.83. The first kappa shape index (κ1) is 21.3. The summed E-state index contributed by atoms with van der Waals surface area (Å²) in [6.45, 7) is 4.68. The topological polar surface area (TPSA) is 68.4 Å². The number of benzene rings is 2. The fourth-order valence-electron chi connectivity index (χ4n) is 3.11. The number of non-ortho nitro benzene ring substituents is 1. The van der Waals surface area contributed by atoms with Crippen LogP contribution in [0.25, 0.3) is 0 Å². The minimum atomic E-state index is -0.569. The molecule has 0 aliphatic heterocycles. The molecule has 0 aliphatic rings. The molecule has 3 rings (SSSR count). The average molecular weight is 428 g/mol. The Morgan fingerprint density at radius 3 is 2.70 bits per heavy atom. The Kier molecular flexibility index (Phi) is 6.64. The lowest BCUT2D eigenvalue weighted by Gasteiger charge is -2.23. The number of nitro groups is 1. The summed E-state index contributed by atoms with van der Waals surface area (Å²) in [4.78, 5) is 24.9. The maximum Gasteiger partial charge on any atom is 0.270 e. The van der Waals surface area contributed by atoms with E-state index >= 15 is 0 Å². The summed E-state index contributed by atoms with van der Waals surface area (Å²) in [5.74, 6) is -0.675. The molecule has 0 unspecified atom stereocenters. The molecule has 0 N–H and O–H groups in total. The standard InChI is InChI=1S/C22H19ClFN3O3/c1-2-10-26(22(28)20-9-8-18(27(29)30)13-21(20)23)15-19-7-4-11-25(19)14-16-5-3-6-17(24)12-16/h2-9,11-13H,1,10,14-15H2. The first-order chi connectivity index (χ1) is 14.4. The van der Waals surface area contributed by atoms with Gasteiger partial charge in [0.15, 0.2) is 0 Å². The van der Waals surface area contributed by atoms with Crippen LogP contribution >= 0.6 is 11.6 Å². The van der Waals surface area contributed by atoms with Gasteiger partial charge in [-0.3, -0.25) is 14.9 Å². The van der Waals surface area contributed by atoms with E-state index in [0.29, 0.717) is 6.54 Å². The van der Waals surface area contributed by atoms with Gasteiger partial charge >= 0.3 is 0 Å². The first-order valence-electron chi connectivity index (χ1n) is 9.11. The van der Waals surface area contributed by atoms with E-state index in [0.717, 1.165) is 17.3 Å². The summed E-state index contributed by atoms with van der Waals surface area (Å²) >= 11 is 6.13. The lowest BCUT2D eigenvalue weighted by molar-refractivity contribution is -0.384. The number of halogens is 2. The summed E-state index contributed by atoms with van der Waals surface area (Å²) in [7, 11) is 0. The van der Waals surface area contributed by atoms with E-state index in [-0.39, 0.29) is 41.1 Å². The van der Waals surface area contributed by atoms with Gasteiger partial charge in [0.1, 0.15) is 5.82 Å². The largest absolute Gasteiger partial charge is 0.345 e. The number of rotatable bonds is 8. The van der Waals surface area contributed by atoms with Gasteiger partial charge < -0.3 is 9.47 Å². The number of hydrogen-bond acceptors (Lipinski definition) is 3. The van der Waals surface area contributed by atoms with E-state index in [2.05, 4.69) is 6.58 Å². The SMILES string of the molecule is C=CCN(Cc1cccn1Cc1cccc(F)c1)C(=O)c1ccc([N+](=O)[O-])cc1Cl. The predicted octanol–water partition coefficient (Wildman–Crippen LogP) is 5.07. The highest BCUT2D eigenvalue weighted by molar-refractivity contribution is 6.34. The van der Waals surface area contributed by atoms with Crippen LogP contribution in [0.2, 0.25) is 5.02 Å². The fraction of sp³-hybridized carbons (Fsp3) is 0.136. The molecular formula is C22H19ClFN3O3. The molecule has 2 aromatic carbocycles. The third-order valence-corrected chi connectivity index (χ3v) is 4.86. The van der Waals surface area contributed by atoms with Gasteiger partial charge in [-0.05, 0) is 35.9 Å². The number of nitrogens with zero attached hydrogens (tertiary/aromatic N) is 3. The van der Waals surface area contributed by atoms with Gasteiger partial charge in [-0.15, -0.1) is 6.58 Å². The lowest BCUT2D eigenvalue weighted by atomic mass is 10.1. The van der Waals surface area contributed by atoms with Crippen LogP contribution in [-0.4, -0.2) is 26.8 Å². The zero-order chi connectivity index (χ0) is 21.7. The molecule has 0 fully saturated rings. The molecule has 154 valence electrons. The molecular weight excluding hydrogens is 409 g/mol. The van der Waals surface area contributed by atoms with Crippen LogP contribution in [0.5, 0.6) is 0 Å². The second-order valence-electron chi connectivity index (χ2n) is 6.65. The normalized spacial score (nSPS) is 10.6. The molecule has 1 aromatic heterocycles. The van der Waals surface area contributed by atoms with Crippen molar-refractivity contribution in [2.24, 2.45) is 0 Å². The predicted molar refractivity (Wildman–Crippen MR) is 113 cm³/mol. The van der Waals surface area contributed by atoms with Gasteiger partial charge in [0.2, 0.25) is 0 Å². The second kappa shape index (κ2) is 9.37. The summed E-state index contributed by atoms with van der Waals surface area (Å²) in [6, 6.07) is 13.8. The number of aromatic nitrogens is 1. The van der Waals surface area contributed by atoms with E-state index in [1.165, 1.54) is 29.2 Å². The molecule has 0 saturated carbocycles. The van der Waals surface area contributed by atoms with E-state index in [9.17, 15) is 19.3 Å². The summed E-state index contributed by atoms with van der Waals surface area (Å²) in [6.07, 6.45) is 3.45. The highest BCUT2D eigenvalue weighted by atomic mass is 35.5. The molecule has 6 nitrogen and oxygen atoms in total. The smallest absolute Gasteiger partial charge is 0.270 e. The molecule has 0 radical (unpaired) electrons. The van der Waals surface area contributed by atoms with Crippen molar-refractivity contribution in [3.05, 3.63) is 111 Å². The zero-order valence-electron chi connectivity index (χ0n) is 16.0. The van der Waals surface area contributed by atoms with E-state index in [1.54, 1.807) is 12.1 Å². The highest BCUT2D eigenvalue weighted by Gasteiger charge is 2.21. The molecule has 1 heterocycles. The van der Waals surface area contributed by atoms with Gasteiger partial charge in [0.25, 0.3) is 11.6 Å². The summed E-state index contributed by atoms with van der Waals surface area (Å²) in [5, 5.41) is 10.9. The molecule has 1 amide bonds. The Morgan fingerprint density at radius 1 is 1.23 bits per heavy atom. The monoisotopic (exact) mass is 427 g/mol. The van der Waals surface area contributed by atoms with Crippen molar-refractivity contribution in [2.45, 2.75) is 13.1 Å². The molecule has 8 heteroatoms. The van der Waals surface area contributed by atoms with Crippen LogP contribution in [0, 0.1) is 15.9 Å². The minimum absolute atomic E-state index is 0.0124. The first-order valence-corrected chi connectivity index (χ1v) is 9.49. The number of carbonyl (C=O) groups excluding carboxylic acids is 1. The number of carbonyl (C=O) groups is 1.